The van der Waals surface area contributed by atoms with Crippen molar-refractivity contribution in [2.45, 2.75) is 135 Å². The van der Waals surface area contributed by atoms with Crippen LogP contribution in [-0.4, -0.2) is 29.8 Å². The molecule has 13 aromatic rings. The number of hydrogen-bond donors (Lipinski definition) is 0. The molecular formula is C92H96O10. The van der Waals surface area contributed by atoms with Gasteiger partial charge in [-0.15, -0.1) is 0 Å². The third kappa shape index (κ3) is 18.8. The molecule has 0 aromatic heterocycles. The van der Waals surface area contributed by atoms with Gasteiger partial charge in [-0.2, -0.15) is 0 Å². The highest BCUT2D eigenvalue weighted by Gasteiger charge is 2.30. The van der Waals surface area contributed by atoms with Crippen molar-refractivity contribution in [1.29, 1.82) is 0 Å². The molecular weight excluding hydrogens is 1270 g/mol. The van der Waals surface area contributed by atoms with E-state index in [2.05, 4.69) is 72.8 Å². The molecule has 0 fully saturated rings. The number of hydrogen-bond acceptors (Lipinski definition) is 10. The molecule has 0 amide bonds. The molecule has 13 rings (SSSR count). The van der Waals surface area contributed by atoms with Gasteiger partial charge in [0.25, 0.3) is 0 Å². The van der Waals surface area contributed by atoms with Crippen LogP contribution in [0, 0.1) is 28.6 Å². The Kier molecular flexibility index (Phi) is 26.3. The lowest BCUT2D eigenvalue weighted by molar-refractivity contribution is -0.155. The zero-order valence-electron chi connectivity index (χ0n) is 61.1. The molecule has 0 heterocycles. The van der Waals surface area contributed by atoms with Crippen LogP contribution in [0.5, 0.6) is 11.5 Å². The van der Waals surface area contributed by atoms with Crippen molar-refractivity contribution in [3.63, 3.8) is 0 Å². The first-order chi connectivity index (χ1) is 49.2. The van der Waals surface area contributed by atoms with Crippen molar-refractivity contribution < 1.29 is 47.7 Å². The number of benzene rings is 13. The van der Waals surface area contributed by atoms with E-state index < -0.39 is 10.8 Å². The third-order valence-electron chi connectivity index (χ3n) is 19.5. The number of carbonyl (C=O) groups is 5. The summed E-state index contributed by atoms with van der Waals surface area (Å²) in [7, 11) is 0. The lowest BCUT2D eigenvalue weighted by Crippen LogP contribution is -2.28. The summed E-state index contributed by atoms with van der Waals surface area (Å²) in [5, 5.41) is 17.5. The summed E-state index contributed by atoms with van der Waals surface area (Å²) in [5.41, 5.74) is 2.27. The molecule has 3 unspecified atom stereocenters. The van der Waals surface area contributed by atoms with Crippen molar-refractivity contribution in [3.8, 4) is 11.5 Å². The van der Waals surface area contributed by atoms with Crippen LogP contribution in [0.15, 0.2) is 249 Å². The van der Waals surface area contributed by atoms with Gasteiger partial charge in [0.05, 0.1) is 28.6 Å². The number of ether oxygens (including phenoxy) is 5. The molecule has 102 heavy (non-hydrogen) atoms. The molecule has 0 saturated carbocycles. The Hall–Kier alpha value is -10.7. The maximum absolute atomic E-state index is 12.5. The summed E-state index contributed by atoms with van der Waals surface area (Å²) in [5.74, 6) is 0.459. The highest BCUT2D eigenvalue weighted by atomic mass is 16.6. The Bertz CT molecular complexity index is 4830. The summed E-state index contributed by atoms with van der Waals surface area (Å²) in [6, 6.07) is 83.4. The summed E-state index contributed by atoms with van der Waals surface area (Å²) in [4.78, 5) is 60.4. The Morgan fingerprint density at radius 1 is 0.294 bits per heavy atom. The molecule has 0 N–H and O–H groups in total. The fraction of sp³-hybridized carbons (Fsp3) is 0.272. The van der Waals surface area contributed by atoms with Crippen LogP contribution in [-0.2, 0) is 58.0 Å². The zero-order chi connectivity index (χ0) is 72.9. The van der Waals surface area contributed by atoms with E-state index in [1.807, 2.05) is 259 Å². The van der Waals surface area contributed by atoms with E-state index in [0.717, 1.165) is 113 Å². The minimum Gasteiger partial charge on any atom is -0.461 e. The normalized spacial score (nSPS) is 12.1. The monoisotopic (exact) mass is 1360 g/mol. The zero-order valence-corrected chi connectivity index (χ0v) is 61.1. The minimum absolute atomic E-state index is 0.00119. The number of esters is 5. The van der Waals surface area contributed by atoms with Crippen LogP contribution in [0.4, 0.5) is 0 Å². The molecule has 0 spiro atoms. The average molecular weight is 1360 g/mol. The predicted molar refractivity (Wildman–Crippen MR) is 419 cm³/mol. The lowest BCUT2D eigenvalue weighted by Gasteiger charge is -2.21. The smallest absolute Gasteiger partial charge is 0.316 e. The largest absolute Gasteiger partial charge is 0.461 e. The Balaban J connectivity index is 0.000000150. The van der Waals surface area contributed by atoms with E-state index in [0.29, 0.717) is 31.3 Å². The van der Waals surface area contributed by atoms with Crippen LogP contribution >= 0.6 is 0 Å². The van der Waals surface area contributed by atoms with Gasteiger partial charge in [-0.05, 0) is 154 Å². The van der Waals surface area contributed by atoms with Gasteiger partial charge in [0.2, 0.25) is 0 Å². The molecule has 0 aliphatic heterocycles. The lowest BCUT2D eigenvalue weighted by atomic mass is 9.90. The first-order valence-corrected chi connectivity index (χ1v) is 35.8. The van der Waals surface area contributed by atoms with Crippen LogP contribution in [0.1, 0.15) is 132 Å². The molecule has 13 aromatic carbocycles. The highest BCUT2D eigenvalue weighted by Crippen LogP contribution is 2.39. The molecule has 0 radical (unpaired) electrons. The molecule has 0 bridgehead atoms. The highest BCUT2D eigenvalue weighted by molar-refractivity contribution is 6.09. The van der Waals surface area contributed by atoms with Gasteiger partial charge in [-0.25, -0.2) is 0 Å². The van der Waals surface area contributed by atoms with E-state index in [9.17, 15) is 24.0 Å². The SMILES string of the molecule is CCC(C)(C)C(=O)OCc1c2ccccc2cc2ccccc12.CCC(C)(C)C(=O)Oc1c2ccccc2cc2ccccc12.CCC(C)C(=O)OCc1c2ccccc2cc2ccccc12.CCC(C)C(=O)OCc1ccccc1.CCC(C)C(=O)Oc1c2ccccc2cc2ccccc12. The molecule has 10 nitrogen and oxygen atoms in total. The van der Waals surface area contributed by atoms with Crippen LogP contribution in [0.25, 0.3) is 86.2 Å². The molecule has 524 valence electrons. The van der Waals surface area contributed by atoms with E-state index >= 15 is 0 Å². The second kappa shape index (κ2) is 35.6. The van der Waals surface area contributed by atoms with Crippen molar-refractivity contribution in [3.05, 3.63) is 265 Å². The van der Waals surface area contributed by atoms with Crippen LogP contribution < -0.4 is 9.47 Å². The number of fused-ring (bicyclic) bond motifs is 8. The quantitative estimate of drug-likeness (QED) is 0.0354. The second-order valence-corrected chi connectivity index (χ2v) is 27.4. The second-order valence-electron chi connectivity index (χ2n) is 27.4. The maximum atomic E-state index is 12.5. The summed E-state index contributed by atoms with van der Waals surface area (Å²) < 4.78 is 28.0. The molecule has 10 heteroatoms. The van der Waals surface area contributed by atoms with E-state index in [1.165, 1.54) is 21.5 Å². The van der Waals surface area contributed by atoms with Crippen molar-refractivity contribution >= 4 is 116 Å². The van der Waals surface area contributed by atoms with Crippen molar-refractivity contribution in [1.82, 2.24) is 0 Å². The first kappa shape index (κ1) is 75.5. The molecule has 3 atom stereocenters. The summed E-state index contributed by atoms with van der Waals surface area (Å²) in [6.45, 7) is 24.4. The molecule has 0 saturated heterocycles. The van der Waals surface area contributed by atoms with Crippen molar-refractivity contribution in [2.75, 3.05) is 0 Å². The van der Waals surface area contributed by atoms with E-state index in [1.54, 1.807) is 0 Å². The Labute approximate surface area is 600 Å². The topological polar surface area (TPSA) is 132 Å². The Morgan fingerprint density at radius 3 is 0.873 bits per heavy atom. The van der Waals surface area contributed by atoms with Crippen LogP contribution in [0.3, 0.4) is 0 Å². The number of rotatable bonds is 18. The Morgan fingerprint density at radius 2 is 0.549 bits per heavy atom. The molecule has 0 aliphatic carbocycles. The standard InChI is InChI=1S/C21H22O2.2C20H20O2.C19H18O2.C12H16O2/c1-4-21(2,3)20(22)23-14-19-17-11-7-5-9-15(17)13-16-10-6-8-12-18(16)19;1-4-20(2,3)19(21)22-18-16-11-7-5-9-14(16)13-15-10-6-8-12-17(15)18;1-3-14(2)20(21)22-13-19-17-10-6-4-8-15(17)12-16-9-5-7-11-18(16)19;1-3-13(2)19(20)21-18-16-10-6-4-8-14(16)12-15-9-5-7-11-17(15)18;1-3-10(2)12(13)14-9-11-7-5-4-6-8-11/h5-13H,4,14H2,1-3H3;5-13H,4H2,1-3H3;4-12,14H,3,13H2,1-2H3;4-13H,3H2,1-2H3;4-8,10H,3,9H2,1-2H3. The first-order valence-electron chi connectivity index (χ1n) is 35.8. The molecule has 0 aliphatic rings. The fourth-order valence-corrected chi connectivity index (χ4v) is 11.4. The third-order valence-corrected chi connectivity index (χ3v) is 19.5. The fourth-order valence-electron chi connectivity index (χ4n) is 11.4. The van der Waals surface area contributed by atoms with Gasteiger partial charge in [-0.3, -0.25) is 24.0 Å². The van der Waals surface area contributed by atoms with Crippen LogP contribution in [0.2, 0.25) is 0 Å². The van der Waals surface area contributed by atoms with Gasteiger partial charge < -0.3 is 23.7 Å². The summed E-state index contributed by atoms with van der Waals surface area (Å²) >= 11 is 0. The van der Waals surface area contributed by atoms with Crippen molar-refractivity contribution in [2.24, 2.45) is 28.6 Å². The number of carbonyl (C=O) groups excluding carboxylic acids is 5. The minimum atomic E-state index is -0.488. The van der Waals surface area contributed by atoms with Gasteiger partial charge in [0, 0.05) is 32.7 Å². The van der Waals surface area contributed by atoms with Gasteiger partial charge in [0.15, 0.2) is 0 Å². The van der Waals surface area contributed by atoms with Gasteiger partial charge in [0.1, 0.15) is 31.3 Å². The average Bonchev–Trinajstić information content (AvgIpc) is 0.487. The predicted octanol–water partition coefficient (Wildman–Crippen LogP) is 23.6. The van der Waals surface area contributed by atoms with E-state index in [-0.39, 0.29) is 47.6 Å². The summed E-state index contributed by atoms with van der Waals surface area (Å²) in [6.07, 6.45) is 3.92. The van der Waals surface area contributed by atoms with Gasteiger partial charge >= 0.3 is 29.8 Å². The van der Waals surface area contributed by atoms with Gasteiger partial charge in [-0.1, -0.05) is 280 Å². The maximum Gasteiger partial charge on any atom is 0.316 e. The van der Waals surface area contributed by atoms with E-state index in [4.69, 9.17) is 23.7 Å².